The Labute approximate surface area is 162 Å². The topological polar surface area (TPSA) is 34.1 Å². The molecule has 0 unspecified atom stereocenters. The molecule has 0 spiro atoms. The zero-order chi connectivity index (χ0) is 18.6. The maximum Gasteiger partial charge on any atom is 0.232 e. The summed E-state index contributed by atoms with van der Waals surface area (Å²) in [7, 11) is -3.48. The van der Waals surface area contributed by atoms with Crippen LogP contribution in [0.1, 0.15) is 10.4 Å². The smallest absolute Gasteiger partial charge is 0.232 e. The van der Waals surface area contributed by atoms with E-state index in [9.17, 15) is 9.36 Å². The largest absolute Gasteiger partial charge is 0.305 e. The number of rotatable bonds is 6. The van der Waals surface area contributed by atoms with Gasteiger partial charge in [0.15, 0.2) is 0 Å². The Morgan fingerprint density at radius 2 is 1.12 bits per heavy atom. The van der Waals surface area contributed by atoms with Gasteiger partial charge in [0.1, 0.15) is 0 Å². The van der Waals surface area contributed by atoms with Crippen molar-refractivity contribution in [2.75, 3.05) is 12.5 Å². The lowest BCUT2D eigenvalue weighted by molar-refractivity contribution is 0.107. The van der Waals surface area contributed by atoms with Crippen LogP contribution >= 0.6 is 30.7 Å². The molecule has 5 heteroatoms. The molecule has 132 valence electrons. The molecule has 0 aliphatic heterocycles. The van der Waals surface area contributed by atoms with Crippen LogP contribution in [0.25, 0.3) is 0 Å². The lowest BCUT2D eigenvalue weighted by Gasteiger charge is -2.20. The highest BCUT2D eigenvalue weighted by molar-refractivity contribution is 8.00. The van der Waals surface area contributed by atoms with Gasteiger partial charge in [-0.3, -0.25) is 4.79 Å². The van der Waals surface area contributed by atoms with Crippen LogP contribution < -0.4 is 10.6 Å². The summed E-state index contributed by atoms with van der Waals surface area (Å²) in [4.78, 5) is 15.4. The summed E-state index contributed by atoms with van der Waals surface area (Å²) in [5.41, 5.74) is 0.257. The second-order valence-corrected chi connectivity index (χ2v) is 9.98. The third-order valence-electron chi connectivity index (χ3n) is 4.17. The Bertz CT molecular complexity index is 891. The Kier molecular flexibility index (Phi) is 6.08. The zero-order valence-electron chi connectivity index (χ0n) is 14.6. The fraction of sp³-hybridized carbons (Fsp3) is 0.0952. The highest BCUT2D eigenvalue weighted by atomic mass is 32.2. The average molecular weight is 398 g/mol. The number of carbonyl (C=O) groups excluding carboxylic acids is 1. The van der Waals surface area contributed by atoms with Crippen molar-refractivity contribution >= 4 is 46.8 Å². The summed E-state index contributed by atoms with van der Waals surface area (Å²) in [6.45, 7) is 0. The van der Waals surface area contributed by atoms with Gasteiger partial charge in [-0.25, -0.2) is 0 Å². The van der Waals surface area contributed by atoms with E-state index in [0.717, 1.165) is 9.79 Å². The number of thioether (sulfide) groups is 2. The summed E-state index contributed by atoms with van der Waals surface area (Å²) in [5.74, 6) is 0. The standard InChI is InChI=1S/C21H19O2PS2/c1-25-18-14-9-15-19(26-2)20(18)21(22)24(23,16-10-5-3-6-11-16)17-12-7-4-8-13-17/h3-15H,1-2H3. The Morgan fingerprint density at radius 1 is 0.692 bits per heavy atom. The molecule has 0 radical (unpaired) electrons. The highest BCUT2D eigenvalue weighted by Crippen LogP contribution is 2.49. The predicted molar refractivity (Wildman–Crippen MR) is 114 cm³/mol. The first-order valence-corrected chi connectivity index (χ1v) is 12.3. The van der Waals surface area contributed by atoms with Crippen LogP contribution in [-0.4, -0.2) is 18.0 Å². The third kappa shape index (κ3) is 3.42. The maximum absolute atomic E-state index is 14.3. The molecule has 0 aliphatic carbocycles. The number of carbonyl (C=O) groups is 1. The molecule has 26 heavy (non-hydrogen) atoms. The minimum atomic E-state index is -3.48. The van der Waals surface area contributed by atoms with Gasteiger partial charge in [-0.05, 0) is 24.6 Å². The van der Waals surface area contributed by atoms with Gasteiger partial charge >= 0.3 is 0 Å². The summed E-state index contributed by atoms with van der Waals surface area (Å²) >= 11 is 3.01. The van der Waals surface area contributed by atoms with E-state index in [1.807, 2.05) is 67.1 Å². The fourth-order valence-corrected chi connectivity index (χ4v) is 6.84. The van der Waals surface area contributed by atoms with Gasteiger partial charge in [0.05, 0.1) is 5.56 Å². The van der Waals surface area contributed by atoms with Crippen LogP contribution in [-0.2, 0) is 4.57 Å². The van der Waals surface area contributed by atoms with Crippen LogP contribution in [0.5, 0.6) is 0 Å². The minimum Gasteiger partial charge on any atom is -0.305 e. The van der Waals surface area contributed by atoms with Gasteiger partial charge in [0.25, 0.3) is 0 Å². The van der Waals surface area contributed by atoms with E-state index < -0.39 is 7.14 Å². The first kappa shape index (κ1) is 19.0. The molecule has 0 bridgehead atoms. The van der Waals surface area contributed by atoms with E-state index in [-0.39, 0.29) is 5.52 Å². The van der Waals surface area contributed by atoms with Gasteiger partial charge in [-0.15, -0.1) is 23.5 Å². The molecule has 0 atom stereocenters. The summed E-state index contributed by atoms with van der Waals surface area (Å²) < 4.78 is 14.3. The molecule has 0 saturated heterocycles. The number of hydrogen-bond donors (Lipinski definition) is 0. The van der Waals surface area contributed by atoms with Crippen LogP contribution in [0, 0.1) is 0 Å². The van der Waals surface area contributed by atoms with Gasteiger partial charge in [-0.2, -0.15) is 0 Å². The summed E-state index contributed by atoms with van der Waals surface area (Å²) in [6.07, 6.45) is 3.87. The lowest BCUT2D eigenvalue weighted by atomic mass is 10.2. The second kappa shape index (κ2) is 8.30. The van der Waals surface area contributed by atoms with Crippen molar-refractivity contribution in [3.8, 4) is 0 Å². The third-order valence-corrected chi connectivity index (χ3v) is 8.57. The van der Waals surface area contributed by atoms with E-state index in [1.54, 1.807) is 24.3 Å². The van der Waals surface area contributed by atoms with Crippen LogP contribution in [0.2, 0.25) is 0 Å². The molecule has 3 aromatic rings. The quantitative estimate of drug-likeness (QED) is 0.418. The van der Waals surface area contributed by atoms with Crippen LogP contribution in [0.3, 0.4) is 0 Å². The number of benzene rings is 3. The van der Waals surface area contributed by atoms with Gasteiger partial charge in [-0.1, -0.05) is 66.7 Å². The van der Waals surface area contributed by atoms with E-state index in [1.165, 1.54) is 23.5 Å². The molecular formula is C21H19O2PS2. The molecule has 2 nitrogen and oxygen atoms in total. The molecular weight excluding hydrogens is 379 g/mol. The van der Waals surface area contributed by atoms with Crippen molar-refractivity contribution in [3.63, 3.8) is 0 Å². The Balaban J connectivity index is 2.29. The monoisotopic (exact) mass is 398 g/mol. The van der Waals surface area contributed by atoms with Crippen molar-refractivity contribution < 1.29 is 9.36 Å². The summed E-state index contributed by atoms with van der Waals surface area (Å²) in [5, 5.41) is 1.14. The van der Waals surface area contributed by atoms with Crippen LogP contribution in [0.15, 0.2) is 88.7 Å². The molecule has 0 amide bonds. The minimum absolute atomic E-state index is 0.302. The van der Waals surface area contributed by atoms with E-state index >= 15 is 0 Å². The van der Waals surface area contributed by atoms with Crippen molar-refractivity contribution in [1.82, 2.24) is 0 Å². The molecule has 3 aromatic carbocycles. The first-order valence-electron chi connectivity index (χ1n) is 8.10. The predicted octanol–water partition coefficient (Wildman–Crippen LogP) is 5.28. The van der Waals surface area contributed by atoms with Crippen molar-refractivity contribution in [3.05, 3.63) is 84.4 Å². The number of hydrogen-bond acceptors (Lipinski definition) is 4. The first-order chi connectivity index (χ1) is 12.6. The van der Waals surface area contributed by atoms with Gasteiger partial charge in [0, 0.05) is 20.4 Å². The molecule has 0 fully saturated rings. The Morgan fingerprint density at radius 3 is 1.50 bits per heavy atom. The molecule has 0 N–H and O–H groups in total. The van der Waals surface area contributed by atoms with Gasteiger partial charge in [0.2, 0.25) is 12.7 Å². The van der Waals surface area contributed by atoms with Crippen LogP contribution in [0.4, 0.5) is 0 Å². The summed E-state index contributed by atoms with van der Waals surface area (Å²) in [6, 6.07) is 23.9. The molecule has 0 aromatic heterocycles. The molecule has 0 heterocycles. The van der Waals surface area contributed by atoms with E-state index in [2.05, 4.69) is 0 Å². The SMILES string of the molecule is CSc1cccc(SC)c1C(=O)P(=O)(c1ccccc1)c1ccccc1. The maximum atomic E-state index is 14.3. The lowest BCUT2D eigenvalue weighted by Crippen LogP contribution is -2.23. The van der Waals surface area contributed by atoms with Crippen molar-refractivity contribution in [2.24, 2.45) is 0 Å². The Hall–Kier alpha value is -1.74. The van der Waals surface area contributed by atoms with E-state index in [0.29, 0.717) is 16.2 Å². The van der Waals surface area contributed by atoms with Crippen molar-refractivity contribution in [2.45, 2.75) is 9.79 Å². The van der Waals surface area contributed by atoms with Crippen molar-refractivity contribution in [1.29, 1.82) is 0 Å². The zero-order valence-corrected chi connectivity index (χ0v) is 17.1. The fourth-order valence-electron chi connectivity index (χ4n) is 2.88. The molecule has 0 aliphatic rings. The second-order valence-electron chi connectivity index (χ2n) is 5.62. The van der Waals surface area contributed by atoms with Gasteiger partial charge < -0.3 is 4.57 Å². The average Bonchev–Trinajstić information content (AvgIpc) is 2.73. The highest BCUT2D eigenvalue weighted by Gasteiger charge is 2.38. The normalized spacial score (nSPS) is 11.3. The van der Waals surface area contributed by atoms with E-state index in [4.69, 9.17) is 0 Å². The molecule has 3 rings (SSSR count). The molecule has 0 saturated carbocycles.